The van der Waals surface area contributed by atoms with Gasteiger partial charge in [-0.2, -0.15) is 18.2 Å². The fourth-order valence-corrected chi connectivity index (χ4v) is 3.23. The van der Waals surface area contributed by atoms with Crippen LogP contribution in [0.3, 0.4) is 0 Å². The first-order valence-electron chi connectivity index (χ1n) is 9.39. The number of nitrogens with two attached hydrogens (primary N) is 1. The number of rotatable bonds is 4. The van der Waals surface area contributed by atoms with Gasteiger partial charge in [-0.05, 0) is 12.1 Å². The van der Waals surface area contributed by atoms with Crippen LogP contribution < -0.4 is 5.73 Å². The molecule has 4 rings (SSSR count). The molecule has 3 heterocycles. The highest BCUT2D eigenvalue weighted by Crippen LogP contribution is 2.31. The van der Waals surface area contributed by atoms with Crippen molar-refractivity contribution in [3.05, 3.63) is 53.8 Å². The molecule has 1 saturated heterocycles. The molecule has 1 aliphatic rings. The first-order chi connectivity index (χ1) is 14.8. The highest BCUT2D eigenvalue weighted by molar-refractivity contribution is 5.96. The number of aromatic nitrogens is 4. The topological polar surface area (TPSA) is 114 Å². The zero-order chi connectivity index (χ0) is 22.0. The van der Waals surface area contributed by atoms with Crippen LogP contribution in [0.1, 0.15) is 21.9 Å². The summed E-state index contributed by atoms with van der Waals surface area (Å²) in [4.78, 5) is 28.3. The third-order valence-electron chi connectivity index (χ3n) is 4.86. The van der Waals surface area contributed by atoms with Gasteiger partial charge in [-0.1, -0.05) is 17.3 Å². The van der Waals surface area contributed by atoms with E-state index >= 15 is 0 Å². The van der Waals surface area contributed by atoms with Crippen LogP contribution >= 0.6 is 0 Å². The number of nitrogens with zero attached hydrogens (tertiary/aromatic N) is 6. The molecule has 0 bridgehead atoms. The van der Waals surface area contributed by atoms with Gasteiger partial charge in [-0.15, -0.1) is 0 Å². The van der Waals surface area contributed by atoms with Crippen molar-refractivity contribution < 1.29 is 22.5 Å². The zero-order valence-electron chi connectivity index (χ0n) is 16.2. The van der Waals surface area contributed by atoms with E-state index in [0.29, 0.717) is 32.7 Å². The molecule has 9 nitrogen and oxygen atoms in total. The zero-order valence-corrected chi connectivity index (χ0v) is 16.2. The quantitative estimate of drug-likeness (QED) is 0.665. The van der Waals surface area contributed by atoms with Crippen molar-refractivity contribution in [2.24, 2.45) is 0 Å². The van der Waals surface area contributed by atoms with Crippen LogP contribution in [0.5, 0.6) is 0 Å². The number of nitrogen functional groups attached to an aromatic ring is 1. The molecule has 1 aliphatic heterocycles. The minimum Gasteiger partial charge on any atom is -0.382 e. The van der Waals surface area contributed by atoms with Gasteiger partial charge in [0.05, 0.1) is 12.1 Å². The SMILES string of the molecule is Nc1nccnc1C(=O)N1CCN(Cc2nc(-c3cccc(C(F)(F)F)c3)no2)CC1. The summed E-state index contributed by atoms with van der Waals surface area (Å²) in [6, 6.07) is 4.76. The molecule has 3 aromatic rings. The van der Waals surface area contributed by atoms with Gasteiger partial charge < -0.3 is 15.2 Å². The van der Waals surface area contributed by atoms with Crippen molar-refractivity contribution in [3.8, 4) is 11.4 Å². The van der Waals surface area contributed by atoms with Crippen molar-refractivity contribution in [2.45, 2.75) is 12.7 Å². The van der Waals surface area contributed by atoms with E-state index < -0.39 is 11.7 Å². The molecule has 12 heteroatoms. The van der Waals surface area contributed by atoms with Gasteiger partial charge in [0.25, 0.3) is 5.91 Å². The van der Waals surface area contributed by atoms with Gasteiger partial charge in [-0.3, -0.25) is 9.69 Å². The van der Waals surface area contributed by atoms with Gasteiger partial charge in [0.1, 0.15) is 0 Å². The van der Waals surface area contributed by atoms with E-state index in [9.17, 15) is 18.0 Å². The number of hydrogen-bond donors (Lipinski definition) is 1. The number of piperazine rings is 1. The summed E-state index contributed by atoms with van der Waals surface area (Å²) in [7, 11) is 0. The lowest BCUT2D eigenvalue weighted by Crippen LogP contribution is -2.48. The Morgan fingerprint density at radius 3 is 2.58 bits per heavy atom. The third-order valence-corrected chi connectivity index (χ3v) is 4.86. The van der Waals surface area contributed by atoms with Crippen molar-refractivity contribution >= 4 is 11.7 Å². The lowest BCUT2D eigenvalue weighted by Gasteiger charge is -2.33. The lowest BCUT2D eigenvalue weighted by atomic mass is 10.1. The second-order valence-electron chi connectivity index (χ2n) is 6.95. The third kappa shape index (κ3) is 4.63. The number of halogens is 3. The first-order valence-corrected chi connectivity index (χ1v) is 9.39. The molecular weight excluding hydrogens is 415 g/mol. The number of anilines is 1. The molecule has 0 saturated carbocycles. The summed E-state index contributed by atoms with van der Waals surface area (Å²) in [5.41, 5.74) is 5.29. The molecule has 2 aromatic heterocycles. The van der Waals surface area contributed by atoms with Gasteiger partial charge in [0.2, 0.25) is 11.7 Å². The van der Waals surface area contributed by atoms with Gasteiger partial charge in [0, 0.05) is 44.1 Å². The Hall–Kier alpha value is -3.54. The average molecular weight is 433 g/mol. The summed E-state index contributed by atoms with van der Waals surface area (Å²) in [6.45, 7) is 2.31. The Balaban J connectivity index is 1.36. The number of hydrogen-bond acceptors (Lipinski definition) is 8. The average Bonchev–Trinajstić information content (AvgIpc) is 3.22. The predicted molar refractivity (Wildman–Crippen MR) is 102 cm³/mol. The Labute approximate surface area is 174 Å². The molecular formula is C19H18F3N7O2. The summed E-state index contributed by atoms with van der Waals surface area (Å²) in [5.74, 6) is 0.177. The van der Waals surface area contributed by atoms with Crippen LogP contribution in [0.2, 0.25) is 0 Å². The van der Waals surface area contributed by atoms with Crippen LogP contribution in [-0.4, -0.2) is 62.0 Å². The highest BCUT2D eigenvalue weighted by atomic mass is 19.4. The second kappa shape index (κ2) is 8.30. The van der Waals surface area contributed by atoms with Crippen LogP contribution in [0, 0.1) is 0 Å². The van der Waals surface area contributed by atoms with Crippen molar-refractivity contribution in [2.75, 3.05) is 31.9 Å². The Kier molecular flexibility index (Phi) is 5.55. The van der Waals surface area contributed by atoms with E-state index in [2.05, 4.69) is 20.1 Å². The number of amides is 1. The summed E-state index contributed by atoms with van der Waals surface area (Å²) >= 11 is 0. The maximum atomic E-state index is 12.9. The highest BCUT2D eigenvalue weighted by Gasteiger charge is 2.31. The monoisotopic (exact) mass is 433 g/mol. The summed E-state index contributed by atoms with van der Waals surface area (Å²) < 4.78 is 43.9. The summed E-state index contributed by atoms with van der Waals surface area (Å²) in [5, 5.41) is 3.79. The number of carbonyl (C=O) groups excluding carboxylic acids is 1. The predicted octanol–water partition coefficient (Wildman–Crippen LogP) is 2.09. The largest absolute Gasteiger partial charge is 0.416 e. The Morgan fingerprint density at radius 2 is 1.87 bits per heavy atom. The molecule has 2 N–H and O–H groups in total. The van der Waals surface area contributed by atoms with Gasteiger partial charge in [0.15, 0.2) is 11.5 Å². The van der Waals surface area contributed by atoms with Gasteiger partial charge in [-0.25, -0.2) is 9.97 Å². The molecule has 0 radical (unpaired) electrons. The van der Waals surface area contributed by atoms with E-state index in [4.69, 9.17) is 10.3 Å². The molecule has 162 valence electrons. The lowest BCUT2D eigenvalue weighted by molar-refractivity contribution is -0.137. The molecule has 0 spiro atoms. The maximum Gasteiger partial charge on any atom is 0.416 e. The van der Waals surface area contributed by atoms with Crippen molar-refractivity contribution in [3.63, 3.8) is 0 Å². The van der Waals surface area contributed by atoms with E-state index in [1.54, 1.807) is 4.90 Å². The smallest absolute Gasteiger partial charge is 0.382 e. The molecule has 0 atom stereocenters. The summed E-state index contributed by atoms with van der Waals surface area (Å²) in [6.07, 6.45) is -1.62. The molecule has 1 fully saturated rings. The number of carbonyl (C=O) groups is 1. The van der Waals surface area contributed by atoms with Gasteiger partial charge >= 0.3 is 6.18 Å². The van der Waals surface area contributed by atoms with Crippen LogP contribution in [0.15, 0.2) is 41.2 Å². The fraction of sp³-hybridized carbons (Fsp3) is 0.316. The number of alkyl halides is 3. The van der Waals surface area contributed by atoms with Crippen LogP contribution in [-0.2, 0) is 12.7 Å². The Bertz CT molecular complexity index is 1080. The molecule has 0 aliphatic carbocycles. The second-order valence-corrected chi connectivity index (χ2v) is 6.95. The normalized spacial score (nSPS) is 15.3. The number of benzene rings is 1. The Morgan fingerprint density at radius 1 is 1.13 bits per heavy atom. The molecule has 1 amide bonds. The van der Waals surface area contributed by atoms with Crippen LogP contribution in [0.4, 0.5) is 19.0 Å². The standard InChI is InChI=1S/C19H18F3N7O2/c20-19(21,22)13-3-1-2-12(10-13)17-26-14(31-27-17)11-28-6-8-29(9-7-28)18(30)15-16(23)25-5-4-24-15/h1-5,10H,6-9,11H2,(H2,23,25). The van der Waals surface area contributed by atoms with Crippen LogP contribution in [0.25, 0.3) is 11.4 Å². The van der Waals surface area contributed by atoms with Crippen molar-refractivity contribution in [1.29, 1.82) is 0 Å². The molecule has 31 heavy (non-hydrogen) atoms. The first kappa shape index (κ1) is 20.7. The minimum atomic E-state index is -4.45. The van der Waals surface area contributed by atoms with E-state index in [0.717, 1.165) is 12.1 Å². The van der Waals surface area contributed by atoms with E-state index in [1.807, 2.05) is 4.90 Å². The van der Waals surface area contributed by atoms with Crippen molar-refractivity contribution in [1.82, 2.24) is 29.9 Å². The maximum absolute atomic E-state index is 12.9. The van der Waals surface area contributed by atoms with E-state index in [-0.39, 0.29) is 34.7 Å². The minimum absolute atomic E-state index is 0.0860. The van der Waals surface area contributed by atoms with E-state index in [1.165, 1.54) is 24.5 Å². The molecule has 0 unspecified atom stereocenters. The molecule has 1 aromatic carbocycles. The fourth-order valence-electron chi connectivity index (χ4n) is 3.23.